The molecule has 1 aliphatic heterocycles. The number of nitrogens with zero attached hydrogens (tertiary/aromatic N) is 2. The standard InChI is InChI=1S/C14H19N3O3/c1-14(2)6-8-16(9-7-14)13(18)10-4-3-5-11(15)12(10)17(19)20/h3-5H,6-9,15H2,1-2H3. The van der Waals surface area contributed by atoms with Gasteiger partial charge in [0.15, 0.2) is 0 Å². The minimum absolute atomic E-state index is 0.0261. The lowest BCUT2D eigenvalue weighted by Gasteiger charge is -2.36. The number of nitro groups is 1. The molecule has 1 aliphatic rings. The van der Waals surface area contributed by atoms with Crippen LogP contribution in [0, 0.1) is 15.5 Å². The molecular formula is C14H19N3O3. The summed E-state index contributed by atoms with van der Waals surface area (Å²) in [5.74, 6) is -0.306. The summed E-state index contributed by atoms with van der Waals surface area (Å²) >= 11 is 0. The van der Waals surface area contributed by atoms with Crippen molar-refractivity contribution in [2.75, 3.05) is 18.8 Å². The summed E-state index contributed by atoms with van der Waals surface area (Å²) in [6, 6.07) is 4.48. The SMILES string of the molecule is CC1(C)CCN(C(=O)c2cccc(N)c2[N+](=O)[O-])CC1. The molecule has 0 bridgehead atoms. The molecule has 1 fully saturated rings. The number of carbonyl (C=O) groups excluding carboxylic acids is 1. The Balaban J connectivity index is 2.27. The average molecular weight is 277 g/mol. The van der Waals surface area contributed by atoms with Gasteiger partial charge in [0.05, 0.1) is 4.92 Å². The van der Waals surface area contributed by atoms with Gasteiger partial charge in [0.2, 0.25) is 0 Å². The number of nitrogen functional groups attached to an aromatic ring is 1. The van der Waals surface area contributed by atoms with Gasteiger partial charge in [-0.25, -0.2) is 0 Å². The van der Waals surface area contributed by atoms with Crippen molar-refractivity contribution < 1.29 is 9.72 Å². The van der Waals surface area contributed by atoms with Crippen LogP contribution in [0.5, 0.6) is 0 Å². The number of nitro benzene ring substituents is 1. The largest absolute Gasteiger partial charge is 0.393 e. The molecule has 1 saturated heterocycles. The molecule has 0 radical (unpaired) electrons. The number of benzene rings is 1. The molecule has 1 amide bonds. The highest BCUT2D eigenvalue weighted by molar-refractivity contribution is 6.00. The molecule has 2 N–H and O–H groups in total. The molecule has 1 aromatic carbocycles. The van der Waals surface area contributed by atoms with Crippen LogP contribution in [-0.2, 0) is 0 Å². The van der Waals surface area contributed by atoms with Gasteiger partial charge in [0, 0.05) is 13.1 Å². The molecule has 0 unspecified atom stereocenters. The number of hydrogen-bond acceptors (Lipinski definition) is 4. The highest BCUT2D eigenvalue weighted by atomic mass is 16.6. The normalized spacial score (nSPS) is 17.8. The van der Waals surface area contributed by atoms with E-state index in [2.05, 4.69) is 13.8 Å². The first kappa shape index (κ1) is 14.3. The maximum absolute atomic E-state index is 12.5. The number of nitrogens with two attached hydrogens (primary N) is 1. The lowest BCUT2D eigenvalue weighted by molar-refractivity contribution is -0.384. The third kappa shape index (κ3) is 2.74. The number of amides is 1. The zero-order valence-corrected chi connectivity index (χ0v) is 11.8. The van der Waals surface area contributed by atoms with Gasteiger partial charge in [-0.1, -0.05) is 19.9 Å². The highest BCUT2D eigenvalue weighted by Gasteiger charge is 2.31. The minimum Gasteiger partial charge on any atom is -0.393 e. The Morgan fingerprint density at radius 3 is 2.50 bits per heavy atom. The first-order valence-electron chi connectivity index (χ1n) is 6.64. The summed E-state index contributed by atoms with van der Waals surface area (Å²) in [7, 11) is 0. The van der Waals surface area contributed by atoms with Gasteiger partial charge >= 0.3 is 5.69 Å². The van der Waals surface area contributed by atoms with Crippen LogP contribution in [0.1, 0.15) is 37.0 Å². The Morgan fingerprint density at radius 1 is 1.35 bits per heavy atom. The number of likely N-dealkylation sites (tertiary alicyclic amines) is 1. The van der Waals surface area contributed by atoms with Crippen molar-refractivity contribution in [2.45, 2.75) is 26.7 Å². The van der Waals surface area contributed by atoms with Gasteiger partial charge in [-0.15, -0.1) is 0 Å². The van der Waals surface area contributed by atoms with E-state index in [1.165, 1.54) is 12.1 Å². The predicted molar refractivity (Wildman–Crippen MR) is 76.4 cm³/mol. The molecular weight excluding hydrogens is 258 g/mol. The van der Waals surface area contributed by atoms with Gasteiger partial charge in [-0.3, -0.25) is 14.9 Å². The second-order valence-corrected chi connectivity index (χ2v) is 5.96. The van der Waals surface area contributed by atoms with E-state index in [1.54, 1.807) is 11.0 Å². The van der Waals surface area contributed by atoms with Crippen molar-refractivity contribution in [3.05, 3.63) is 33.9 Å². The maximum atomic E-state index is 12.5. The zero-order valence-electron chi connectivity index (χ0n) is 11.8. The Labute approximate surface area is 117 Å². The van der Waals surface area contributed by atoms with Crippen molar-refractivity contribution in [3.8, 4) is 0 Å². The predicted octanol–water partition coefficient (Wildman–Crippen LogP) is 2.44. The summed E-state index contributed by atoms with van der Waals surface area (Å²) in [6.45, 7) is 5.57. The van der Waals surface area contributed by atoms with Crippen LogP contribution in [0.3, 0.4) is 0 Å². The summed E-state index contributed by atoms with van der Waals surface area (Å²) in [4.78, 5) is 24.6. The molecule has 6 heteroatoms. The van der Waals surface area contributed by atoms with E-state index in [0.29, 0.717) is 13.1 Å². The number of hydrogen-bond donors (Lipinski definition) is 1. The minimum atomic E-state index is -0.587. The number of carbonyl (C=O) groups is 1. The first-order valence-corrected chi connectivity index (χ1v) is 6.64. The quantitative estimate of drug-likeness (QED) is 0.510. The van der Waals surface area contributed by atoms with Gasteiger partial charge in [-0.05, 0) is 30.4 Å². The lowest BCUT2D eigenvalue weighted by Crippen LogP contribution is -2.41. The molecule has 2 rings (SSSR count). The summed E-state index contributed by atoms with van der Waals surface area (Å²) in [6.07, 6.45) is 1.80. The Kier molecular flexibility index (Phi) is 3.65. The van der Waals surface area contributed by atoms with E-state index in [0.717, 1.165) is 12.8 Å². The maximum Gasteiger partial charge on any atom is 0.304 e. The summed E-state index contributed by atoms with van der Waals surface area (Å²) < 4.78 is 0. The molecule has 1 aromatic rings. The van der Waals surface area contributed by atoms with E-state index in [-0.39, 0.29) is 28.3 Å². The third-order valence-electron chi connectivity index (χ3n) is 3.88. The van der Waals surface area contributed by atoms with Crippen LogP contribution in [0.2, 0.25) is 0 Å². The third-order valence-corrected chi connectivity index (χ3v) is 3.88. The van der Waals surface area contributed by atoms with E-state index in [1.807, 2.05) is 0 Å². The monoisotopic (exact) mass is 277 g/mol. The van der Waals surface area contributed by atoms with E-state index in [4.69, 9.17) is 5.73 Å². The molecule has 108 valence electrons. The zero-order chi connectivity index (χ0) is 14.9. The van der Waals surface area contributed by atoms with Crippen LogP contribution in [0.25, 0.3) is 0 Å². The molecule has 20 heavy (non-hydrogen) atoms. The van der Waals surface area contributed by atoms with Crippen LogP contribution in [-0.4, -0.2) is 28.8 Å². The van der Waals surface area contributed by atoms with Crippen molar-refractivity contribution in [1.82, 2.24) is 4.90 Å². The topological polar surface area (TPSA) is 89.5 Å². The smallest absolute Gasteiger partial charge is 0.304 e. The molecule has 0 spiro atoms. The molecule has 0 aliphatic carbocycles. The van der Waals surface area contributed by atoms with Crippen molar-refractivity contribution in [1.29, 1.82) is 0 Å². The van der Waals surface area contributed by atoms with Gasteiger partial charge in [-0.2, -0.15) is 0 Å². The summed E-state index contributed by atoms with van der Waals surface area (Å²) in [5, 5.41) is 11.1. The van der Waals surface area contributed by atoms with Crippen molar-refractivity contribution in [2.24, 2.45) is 5.41 Å². The van der Waals surface area contributed by atoms with Gasteiger partial charge < -0.3 is 10.6 Å². The number of anilines is 1. The van der Waals surface area contributed by atoms with E-state index in [9.17, 15) is 14.9 Å². The van der Waals surface area contributed by atoms with E-state index < -0.39 is 4.92 Å². The molecule has 0 atom stereocenters. The first-order chi connectivity index (χ1) is 9.32. The summed E-state index contributed by atoms with van der Waals surface area (Å²) in [5.41, 5.74) is 5.66. The van der Waals surface area contributed by atoms with E-state index >= 15 is 0 Å². The fraction of sp³-hybridized carbons (Fsp3) is 0.500. The van der Waals surface area contributed by atoms with Crippen LogP contribution < -0.4 is 5.73 Å². The molecule has 0 saturated carbocycles. The Bertz CT molecular complexity index is 545. The van der Waals surface area contributed by atoms with Crippen molar-refractivity contribution >= 4 is 17.3 Å². The fourth-order valence-electron chi connectivity index (χ4n) is 2.42. The lowest BCUT2D eigenvalue weighted by atomic mass is 9.82. The average Bonchev–Trinajstić information content (AvgIpc) is 2.37. The van der Waals surface area contributed by atoms with Crippen LogP contribution >= 0.6 is 0 Å². The van der Waals surface area contributed by atoms with Crippen LogP contribution in [0.15, 0.2) is 18.2 Å². The second-order valence-electron chi connectivity index (χ2n) is 5.96. The number of para-hydroxylation sites is 1. The number of piperidine rings is 1. The van der Waals surface area contributed by atoms with Gasteiger partial charge in [0.1, 0.15) is 11.3 Å². The Hall–Kier alpha value is -2.11. The molecule has 6 nitrogen and oxygen atoms in total. The van der Waals surface area contributed by atoms with Crippen LogP contribution in [0.4, 0.5) is 11.4 Å². The van der Waals surface area contributed by atoms with Crippen molar-refractivity contribution in [3.63, 3.8) is 0 Å². The second kappa shape index (κ2) is 5.11. The molecule has 1 heterocycles. The van der Waals surface area contributed by atoms with Gasteiger partial charge in [0.25, 0.3) is 5.91 Å². The Morgan fingerprint density at radius 2 is 1.95 bits per heavy atom. The number of rotatable bonds is 2. The molecule has 0 aromatic heterocycles. The highest BCUT2D eigenvalue weighted by Crippen LogP contribution is 2.32. The fourth-order valence-corrected chi connectivity index (χ4v) is 2.42.